The molecule has 162 valence electrons. The molecule has 0 radical (unpaired) electrons. The summed E-state index contributed by atoms with van der Waals surface area (Å²) >= 11 is 12.2. The van der Waals surface area contributed by atoms with Gasteiger partial charge in [0.2, 0.25) is 5.91 Å². The second-order valence-electron chi connectivity index (χ2n) is 7.36. The molecule has 0 saturated carbocycles. The van der Waals surface area contributed by atoms with Gasteiger partial charge >= 0.3 is 5.69 Å². The van der Waals surface area contributed by atoms with Gasteiger partial charge in [-0.15, -0.1) is 5.10 Å². The normalized spacial score (nSPS) is 16.1. The number of aryl methyl sites for hydroxylation is 1. The van der Waals surface area contributed by atoms with Gasteiger partial charge < -0.3 is 10.2 Å². The lowest BCUT2D eigenvalue weighted by Gasteiger charge is -2.24. The number of pyridine rings is 1. The maximum absolute atomic E-state index is 12.9. The summed E-state index contributed by atoms with van der Waals surface area (Å²) in [6.45, 7) is 1.23. The Morgan fingerprint density at radius 1 is 1.19 bits per heavy atom. The number of amides is 2. The maximum Gasteiger partial charge on any atom is 0.350 e. The van der Waals surface area contributed by atoms with E-state index in [4.69, 9.17) is 23.2 Å². The molecule has 8 nitrogen and oxygen atoms in total. The topological polar surface area (TPSA) is 88.7 Å². The summed E-state index contributed by atoms with van der Waals surface area (Å²) in [7, 11) is 0. The van der Waals surface area contributed by atoms with Crippen LogP contribution in [0.25, 0.3) is 5.65 Å². The SMILES string of the molecule is O=C(NCCCn1nc2ccccn2c1=O)C1CCCN1C(=O)c1cc(Cl)ccc1Cl. The summed E-state index contributed by atoms with van der Waals surface area (Å²) in [5, 5.41) is 7.85. The molecule has 1 N–H and O–H groups in total. The number of halogens is 2. The monoisotopic (exact) mass is 461 g/mol. The lowest BCUT2D eigenvalue weighted by molar-refractivity contribution is -0.124. The van der Waals surface area contributed by atoms with Crippen LogP contribution in [0, 0.1) is 0 Å². The lowest BCUT2D eigenvalue weighted by atomic mass is 10.1. The fraction of sp³-hybridized carbons (Fsp3) is 0.333. The minimum Gasteiger partial charge on any atom is -0.354 e. The van der Waals surface area contributed by atoms with E-state index in [2.05, 4.69) is 10.4 Å². The van der Waals surface area contributed by atoms with E-state index in [1.165, 1.54) is 15.1 Å². The largest absolute Gasteiger partial charge is 0.354 e. The Morgan fingerprint density at radius 3 is 2.84 bits per heavy atom. The number of nitrogens with one attached hydrogen (secondary N) is 1. The Hall–Kier alpha value is -2.84. The molecule has 1 unspecified atom stereocenters. The summed E-state index contributed by atoms with van der Waals surface area (Å²) in [5.74, 6) is -0.521. The van der Waals surface area contributed by atoms with Gasteiger partial charge in [-0.05, 0) is 49.6 Å². The fourth-order valence-electron chi connectivity index (χ4n) is 3.77. The number of nitrogens with zero attached hydrogens (tertiary/aromatic N) is 4. The molecule has 1 aromatic carbocycles. The third kappa shape index (κ3) is 4.45. The standard InChI is InChI=1S/C21H21Cl2N5O3/c22-14-7-8-16(23)15(13-14)20(30)26-11-3-5-17(26)19(29)24-9-4-12-28-21(31)27-10-2-1-6-18(27)25-28/h1-2,6-8,10,13,17H,3-5,9,11-12H2,(H,24,29). The smallest absolute Gasteiger partial charge is 0.350 e. The van der Waals surface area contributed by atoms with E-state index in [0.29, 0.717) is 53.7 Å². The Morgan fingerprint density at radius 2 is 2.03 bits per heavy atom. The first-order valence-electron chi connectivity index (χ1n) is 10.0. The number of fused-ring (bicyclic) bond motifs is 1. The molecule has 3 aromatic rings. The number of carbonyl (C=O) groups is 2. The van der Waals surface area contributed by atoms with E-state index >= 15 is 0 Å². The summed E-state index contributed by atoms with van der Waals surface area (Å²) < 4.78 is 2.86. The molecule has 1 aliphatic heterocycles. The predicted molar refractivity (Wildman–Crippen MR) is 118 cm³/mol. The van der Waals surface area contributed by atoms with Gasteiger partial charge in [0.05, 0.1) is 10.6 Å². The summed E-state index contributed by atoms with van der Waals surface area (Å²) in [5.41, 5.74) is 0.657. The van der Waals surface area contributed by atoms with Crippen LogP contribution in [0.15, 0.2) is 47.4 Å². The summed E-state index contributed by atoms with van der Waals surface area (Å²) in [6.07, 6.45) is 3.53. The first-order chi connectivity index (χ1) is 15.0. The van der Waals surface area contributed by atoms with Crippen LogP contribution in [0.3, 0.4) is 0 Å². The van der Waals surface area contributed by atoms with Crippen LogP contribution in [0.4, 0.5) is 0 Å². The molecular formula is C21H21Cl2N5O3. The quantitative estimate of drug-likeness (QED) is 0.571. The van der Waals surface area contributed by atoms with Gasteiger partial charge in [-0.2, -0.15) is 0 Å². The molecule has 10 heteroatoms. The third-order valence-corrected chi connectivity index (χ3v) is 5.87. The highest BCUT2D eigenvalue weighted by Gasteiger charge is 2.35. The summed E-state index contributed by atoms with van der Waals surface area (Å²) in [4.78, 5) is 39.5. The number of aromatic nitrogens is 3. The Kier molecular flexibility index (Phi) is 6.29. The van der Waals surface area contributed by atoms with E-state index in [0.717, 1.165) is 6.42 Å². The zero-order valence-electron chi connectivity index (χ0n) is 16.6. The molecule has 2 aromatic heterocycles. The lowest BCUT2D eigenvalue weighted by Crippen LogP contribution is -2.46. The average molecular weight is 462 g/mol. The number of hydrogen-bond donors (Lipinski definition) is 1. The third-order valence-electron chi connectivity index (χ3n) is 5.31. The van der Waals surface area contributed by atoms with Gasteiger partial charge in [0.25, 0.3) is 5.91 Å². The maximum atomic E-state index is 12.9. The molecule has 0 bridgehead atoms. The first-order valence-corrected chi connectivity index (χ1v) is 10.8. The van der Waals surface area contributed by atoms with Gasteiger partial charge in [-0.1, -0.05) is 29.3 Å². The number of likely N-dealkylation sites (tertiary alicyclic amines) is 1. The second kappa shape index (κ2) is 9.11. The van der Waals surface area contributed by atoms with Crippen LogP contribution in [0.1, 0.15) is 29.6 Å². The van der Waals surface area contributed by atoms with E-state index in [1.54, 1.807) is 35.4 Å². The zero-order chi connectivity index (χ0) is 22.0. The second-order valence-corrected chi connectivity index (χ2v) is 8.20. The average Bonchev–Trinajstić information content (AvgIpc) is 3.38. The number of carbonyl (C=O) groups excluding carboxylic acids is 2. The molecule has 4 rings (SSSR count). The van der Waals surface area contributed by atoms with E-state index in [9.17, 15) is 14.4 Å². The van der Waals surface area contributed by atoms with E-state index in [1.807, 2.05) is 6.07 Å². The van der Waals surface area contributed by atoms with Crippen molar-refractivity contribution in [1.82, 2.24) is 24.4 Å². The summed E-state index contributed by atoms with van der Waals surface area (Å²) in [6, 6.07) is 9.50. The van der Waals surface area contributed by atoms with Crippen molar-refractivity contribution in [3.8, 4) is 0 Å². The Labute approximate surface area is 188 Å². The molecule has 0 spiro atoms. The Bertz CT molecular complexity index is 1190. The van der Waals surface area contributed by atoms with Crippen molar-refractivity contribution < 1.29 is 9.59 Å². The first kappa shape index (κ1) is 21.4. The van der Waals surface area contributed by atoms with Crippen molar-refractivity contribution in [2.24, 2.45) is 0 Å². The van der Waals surface area contributed by atoms with Crippen molar-refractivity contribution in [3.05, 3.63) is 68.7 Å². The minimum absolute atomic E-state index is 0.215. The van der Waals surface area contributed by atoms with Gasteiger partial charge in [0.1, 0.15) is 6.04 Å². The van der Waals surface area contributed by atoms with Crippen molar-refractivity contribution in [2.45, 2.75) is 31.8 Å². The van der Waals surface area contributed by atoms with Crippen molar-refractivity contribution in [2.75, 3.05) is 13.1 Å². The number of hydrogen-bond acceptors (Lipinski definition) is 4. The highest BCUT2D eigenvalue weighted by molar-refractivity contribution is 6.35. The molecule has 1 atom stereocenters. The van der Waals surface area contributed by atoms with E-state index in [-0.39, 0.29) is 17.5 Å². The molecule has 1 fully saturated rings. The van der Waals surface area contributed by atoms with Gasteiger partial charge in [0.15, 0.2) is 5.65 Å². The number of rotatable bonds is 6. The zero-order valence-corrected chi connectivity index (χ0v) is 18.1. The van der Waals surface area contributed by atoms with Crippen LogP contribution >= 0.6 is 23.2 Å². The van der Waals surface area contributed by atoms with Crippen molar-refractivity contribution in [3.63, 3.8) is 0 Å². The van der Waals surface area contributed by atoms with Crippen LogP contribution in [0.5, 0.6) is 0 Å². The predicted octanol–water partition coefficient (Wildman–Crippen LogP) is 2.61. The van der Waals surface area contributed by atoms with Crippen LogP contribution in [-0.2, 0) is 11.3 Å². The van der Waals surface area contributed by atoms with E-state index < -0.39 is 6.04 Å². The minimum atomic E-state index is -0.555. The van der Waals surface area contributed by atoms with Gasteiger partial charge in [0, 0.05) is 30.9 Å². The van der Waals surface area contributed by atoms with Crippen LogP contribution < -0.4 is 11.0 Å². The molecule has 0 aliphatic carbocycles. The fourth-order valence-corrected chi connectivity index (χ4v) is 4.14. The Balaban J connectivity index is 1.34. The van der Waals surface area contributed by atoms with Gasteiger partial charge in [-0.3, -0.25) is 14.0 Å². The molecule has 31 heavy (non-hydrogen) atoms. The van der Waals surface area contributed by atoms with Crippen molar-refractivity contribution >= 4 is 40.7 Å². The van der Waals surface area contributed by atoms with Crippen molar-refractivity contribution in [1.29, 1.82) is 0 Å². The van der Waals surface area contributed by atoms with Gasteiger partial charge in [-0.25, -0.2) is 9.48 Å². The highest BCUT2D eigenvalue weighted by atomic mass is 35.5. The molecule has 1 aliphatic rings. The molecule has 2 amide bonds. The molecule has 3 heterocycles. The van der Waals surface area contributed by atoms with Crippen LogP contribution in [-0.4, -0.2) is 50.0 Å². The molecular weight excluding hydrogens is 441 g/mol. The highest BCUT2D eigenvalue weighted by Crippen LogP contribution is 2.26. The van der Waals surface area contributed by atoms with Crippen LogP contribution in [0.2, 0.25) is 10.0 Å². The molecule has 1 saturated heterocycles. The number of benzene rings is 1.